The summed E-state index contributed by atoms with van der Waals surface area (Å²) in [7, 11) is 1.91. The van der Waals surface area contributed by atoms with Crippen molar-refractivity contribution in [2.24, 2.45) is 13.0 Å². The topological polar surface area (TPSA) is 70.4 Å². The molecule has 0 bridgehead atoms. The Labute approximate surface area is 145 Å². The zero-order valence-corrected chi connectivity index (χ0v) is 15.4. The summed E-state index contributed by atoms with van der Waals surface area (Å²) in [6, 6.07) is 0.114. The van der Waals surface area contributed by atoms with Crippen LogP contribution in [-0.4, -0.2) is 50.6 Å². The second-order valence-corrected chi connectivity index (χ2v) is 7.09. The van der Waals surface area contributed by atoms with Gasteiger partial charge >= 0.3 is 0 Å². The number of aryl methyl sites for hydroxylation is 1. The molecule has 1 aromatic heterocycles. The van der Waals surface area contributed by atoms with E-state index in [1.165, 1.54) is 0 Å². The van der Waals surface area contributed by atoms with Crippen molar-refractivity contribution < 1.29 is 9.90 Å². The smallest absolute Gasteiger partial charge is 0.237 e. The minimum Gasteiger partial charge on any atom is -0.385 e. The molecular weight excluding hydrogens is 304 g/mol. The number of hydrogen-bond donors (Lipinski definition) is 2. The summed E-state index contributed by atoms with van der Waals surface area (Å²) in [5.74, 6) is 1.04. The predicted octanol–water partition coefficient (Wildman–Crippen LogP) is 1.86. The molecule has 136 valence electrons. The van der Waals surface area contributed by atoms with Gasteiger partial charge in [-0.1, -0.05) is 13.3 Å². The number of aromatic nitrogens is 2. The number of carbonyl (C=O) groups is 1. The molecule has 0 aliphatic carbocycles. The summed E-state index contributed by atoms with van der Waals surface area (Å²) in [4.78, 5) is 18.8. The molecule has 24 heavy (non-hydrogen) atoms. The molecule has 2 rings (SSSR count). The summed E-state index contributed by atoms with van der Waals surface area (Å²) in [6.45, 7) is 7.84. The van der Waals surface area contributed by atoms with Crippen molar-refractivity contribution in [1.82, 2.24) is 19.8 Å². The lowest BCUT2D eigenvalue weighted by atomic mass is 9.90. The zero-order valence-electron chi connectivity index (χ0n) is 15.4. The molecule has 0 saturated carbocycles. The Morgan fingerprint density at radius 2 is 2.08 bits per heavy atom. The van der Waals surface area contributed by atoms with Gasteiger partial charge in [-0.25, -0.2) is 4.98 Å². The first kappa shape index (κ1) is 18.9. The number of imidazole rings is 1. The van der Waals surface area contributed by atoms with Gasteiger partial charge in [0, 0.05) is 25.5 Å². The average Bonchev–Trinajstić information content (AvgIpc) is 2.99. The van der Waals surface area contributed by atoms with Gasteiger partial charge < -0.3 is 15.0 Å². The highest BCUT2D eigenvalue weighted by Gasteiger charge is 2.31. The number of aliphatic hydroxyl groups excluding tert-OH is 1. The van der Waals surface area contributed by atoms with Crippen LogP contribution in [0, 0.1) is 5.92 Å². The second kappa shape index (κ2) is 8.62. The average molecular weight is 336 g/mol. The van der Waals surface area contributed by atoms with E-state index in [0.29, 0.717) is 0 Å². The fourth-order valence-corrected chi connectivity index (χ4v) is 3.53. The molecule has 1 aliphatic rings. The molecule has 6 nitrogen and oxygen atoms in total. The number of nitrogens with zero attached hydrogens (tertiary/aromatic N) is 3. The van der Waals surface area contributed by atoms with Gasteiger partial charge in [0.2, 0.25) is 5.91 Å². The van der Waals surface area contributed by atoms with Crippen LogP contribution in [0.25, 0.3) is 0 Å². The highest BCUT2D eigenvalue weighted by molar-refractivity contribution is 5.81. The summed E-state index contributed by atoms with van der Waals surface area (Å²) < 4.78 is 1.88. The maximum absolute atomic E-state index is 12.4. The number of piperidine rings is 1. The van der Waals surface area contributed by atoms with E-state index < -0.39 is 6.10 Å². The normalized spacial score (nSPS) is 20.5. The van der Waals surface area contributed by atoms with Crippen LogP contribution in [-0.2, 0) is 11.8 Å². The predicted molar refractivity (Wildman–Crippen MR) is 94.4 cm³/mol. The molecule has 0 radical (unpaired) electrons. The number of aliphatic hydroxyl groups is 1. The van der Waals surface area contributed by atoms with Gasteiger partial charge in [-0.05, 0) is 52.1 Å². The van der Waals surface area contributed by atoms with E-state index in [0.717, 1.165) is 44.6 Å². The molecule has 0 aromatic carbocycles. The second-order valence-electron chi connectivity index (χ2n) is 7.09. The van der Waals surface area contributed by atoms with Gasteiger partial charge in [0.25, 0.3) is 0 Å². The zero-order chi connectivity index (χ0) is 17.7. The van der Waals surface area contributed by atoms with Gasteiger partial charge in [-0.3, -0.25) is 9.69 Å². The summed E-state index contributed by atoms with van der Waals surface area (Å²) in [6.07, 6.45) is 6.91. The maximum atomic E-state index is 12.4. The van der Waals surface area contributed by atoms with Crippen LogP contribution in [0.5, 0.6) is 0 Å². The van der Waals surface area contributed by atoms with E-state index in [9.17, 15) is 9.90 Å². The van der Waals surface area contributed by atoms with E-state index in [-0.39, 0.29) is 23.9 Å². The largest absolute Gasteiger partial charge is 0.385 e. The lowest BCUT2D eigenvalue weighted by Gasteiger charge is -2.37. The molecule has 1 aromatic rings. The third-order valence-corrected chi connectivity index (χ3v) is 5.18. The summed E-state index contributed by atoms with van der Waals surface area (Å²) in [5, 5.41) is 13.6. The Morgan fingerprint density at radius 3 is 2.62 bits per heavy atom. The molecule has 1 fully saturated rings. The first-order valence-electron chi connectivity index (χ1n) is 9.13. The van der Waals surface area contributed by atoms with Crippen LogP contribution >= 0.6 is 0 Å². The van der Waals surface area contributed by atoms with Gasteiger partial charge in [-0.2, -0.15) is 0 Å². The Bertz CT molecular complexity index is 523. The van der Waals surface area contributed by atoms with Gasteiger partial charge in [-0.15, -0.1) is 0 Å². The Kier molecular flexibility index (Phi) is 6.80. The number of nitrogens with one attached hydrogen (secondary N) is 1. The molecule has 2 heterocycles. The fraction of sp³-hybridized carbons (Fsp3) is 0.778. The van der Waals surface area contributed by atoms with Gasteiger partial charge in [0.1, 0.15) is 11.9 Å². The van der Waals surface area contributed by atoms with Crippen molar-refractivity contribution in [1.29, 1.82) is 0 Å². The van der Waals surface area contributed by atoms with Crippen LogP contribution in [0.3, 0.4) is 0 Å². The SMILES string of the molecule is CCCC(C)NC(=O)C(C)N1CCC(C(O)c2nccn2C)CC1. The van der Waals surface area contributed by atoms with Crippen molar-refractivity contribution in [3.05, 3.63) is 18.2 Å². The lowest BCUT2D eigenvalue weighted by Crippen LogP contribution is -2.50. The first-order chi connectivity index (χ1) is 11.4. The summed E-state index contributed by atoms with van der Waals surface area (Å²) >= 11 is 0. The van der Waals surface area contributed by atoms with E-state index in [2.05, 4.69) is 29.0 Å². The Morgan fingerprint density at radius 1 is 1.42 bits per heavy atom. The lowest BCUT2D eigenvalue weighted by molar-refractivity contribution is -0.127. The van der Waals surface area contributed by atoms with Crippen LogP contribution in [0.2, 0.25) is 0 Å². The van der Waals surface area contributed by atoms with E-state index >= 15 is 0 Å². The molecule has 1 amide bonds. The Balaban J connectivity index is 1.83. The van der Waals surface area contributed by atoms with Crippen LogP contribution < -0.4 is 5.32 Å². The summed E-state index contributed by atoms with van der Waals surface area (Å²) in [5.41, 5.74) is 0. The van der Waals surface area contributed by atoms with Crippen LogP contribution in [0.15, 0.2) is 12.4 Å². The molecular formula is C18H32N4O2. The van der Waals surface area contributed by atoms with Crippen molar-refractivity contribution in [2.45, 2.75) is 64.6 Å². The maximum Gasteiger partial charge on any atom is 0.237 e. The standard InChI is InChI=1S/C18H32N4O2/c1-5-6-13(2)20-18(24)14(3)22-10-7-15(8-11-22)16(23)17-19-9-12-21(17)4/h9,12-16,23H,5-8,10-11H2,1-4H3,(H,20,24). The first-order valence-corrected chi connectivity index (χ1v) is 9.13. The molecule has 3 unspecified atom stereocenters. The molecule has 2 N–H and O–H groups in total. The van der Waals surface area contributed by atoms with Crippen molar-refractivity contribution in [3.63, 3.8) is 0 Å². The van der Waals surface area contributed by atoms with Gasteiger partial charge in [0.05, 0.1) is 6.04 Å². The number of amides is 1. The van der Waals surface area contributed by atoms with Crippen molar-refractivity contribution in [2.75, 3.05) is 13.1 Å². The molecule has 3 atom stereocenters. The third kappa shape index (κ3) is 4.57. The minimum atomic E-state index is -0.527. The van der Waals surface area contributed by atoms with Crippen molar-refractivity contribution >= 4 is 5.91 Å². The molecule has 6 heteroatoms. The molecule has 1 aliphatic heterocycles. The molecule has 0 spiro atoms. The number of hydrogen-bond acceptors (Lipinski definition) is 4. The van der Waals surface area contributed by atoms with Crippen LogP contribution in [0.1, 0.15) is 58.4 Å². The van der Waals surface area contributed by atoms with E-state index in [4.69, 9.17) is 0 Å². The van der Waals surface area contributed by atoms with E-state index in [1.54, 1.807) is 6.20 Å². The third-order valence-electron chi connectivity index (χ3n) is 5.18. The number of likely N-dealkylation sites (tertiary alicyclic amines) is 1. The number of carbonyl (C=O) groups excluding carboxylic acids is 1. The monoisotopic (exact) mass is 336 g/mol. The van der Waals surface area contributed by atoms with Crippen molar-refractivity contribution in [3.8, 4) is 0 Å². The minimum absolute atomic E-state index is 0.110. The molecule has 1 saturated heterocycles. The highest BCUT2D eigenvalue weighted by atomic mass is 16.3. The van der Waals surface area contributed by atoms with Crippen LogP contribution in [0.4, 0.5) is 0 Å². The van der Waals surface area contributed by atoms with Gasteiger partial charge in [0.15, 0.2) is 0 Å². The fourth-order valence-electron chi connectivity index (χ4n) is 3.53. The van der Waals surface area contributed by atoms with E-state index in [1.807, 2.05) is 24.7 Å². The Hall–Kier alpha value is -1.40. The highest BCUT2D eigenvalue weighted by Crippen LogP contribution is 2.30. The number of rotatable bonds is 7. The quantitative estimate of drug-likeness (QED) is 0.797.